The molecule has 0 bridgehead atoms. The maximum absolute atomic E-state index is 11.4. The molecule has 0 spiro atoms. The molecular formula is C17H32O3. The van der Waals surface area contributed by atoms with Crippen molar-refractivity contribution in [1.29, 1.82) is 0 Å². The van der Waals surface area contributed by atoms with Crippen LogP contribution in [0.5, 0.6) is 0 Å². The molecule has 0 amide bonds. The summed E-state index contributed by atoms with van der Waals surface area (Å²) in [5.41, 5.74) is 0. The fourth-order valence-electron chi connectivity index (χ4n) is 2.14. The number of esters is 1. The molecule has 0 fully saturated rings. The van der Waals surface area contributed by atoms with E-state index in [4.69, 9.17) is 4.74 Å². The van der Waals surface area contributed by atoms with Crippen molar-refractivity contribution in [3.8, 4) is 0 Å². The van der Waals surface area contributed by atoms with Crippen molar-refractivity contribution in [2.24, 2.45) is 0 Å². The summed E-state index contributed by atoms with van der Waals surface area (Å²) in [6.45, 7) is 4.77. The minimum Gasteiger partial charge on any atom is -0.466 e. The molecule has 0 aliphatic rings. The van der Waals surface area contributed by atoms with Gasteiger partial charge in [-0.05, 0) is 25.7 Å². The van der Waals surface area contributed by atoms with Gasteiger partial charge in [0, 0.05) is 19.3 Å². The summed E-state index contributed by atoms with van der Waals surface area (Å²) in [7, 11) is 0. The first-order valence-electron chi connectivity index (χ1n) is 8.38. The number of unbranched alkanes of at least 4 members (excludes halogenated alkanes) is 6. The first-order chi connectivity index (χ1) is 9.70. The highest BCUT2D eigenvalue weighted by Crippen LogP contribution is 2.07. The number of hydrogen-bond acceptors (Lipinski definition) is 3. The molecule has 0 aromatic rings. The molecule has 3 nitrogen and oxygen atoms in total. The fraction of sp³-hybridized carbons (Fsp3) is 0.882. The Labute approximate surface area is 124 Å². The lowest BCUT2D eigenvalue weighted by Crippen LogP contribution is -2.06. The molecule has 0 saturated heterocycles. The van der Waals surface area contributed by atoms with Crippen LogP contribution >= 0.6 is 0 Å². The molecular weight excluding hydrogens is 252 g/mol. The second-order valence-electron chi connectivity index (χ2n) is 5.48. The molecule has 0 aliphatic heterocycles. The average molecular weight is 284 g/mol. The van der Waals surface area contributed by atoms with E-state index in [2.05, 4.69) is 6.92 Å². The third-order valence-electron chi connectivity index (χ3n) is 3.38. The van der Waals surface area contributed by atoms with E-state index in [-0.39, 0.29) is 5.97 Å². The lowest BCUT2D eigenvalue weighted by atomic mass is 10.1. The summed E-state index contributed by atoms with van der Waals surface area (Å²) in [5.74, 6) is 0.203. The Bertz CT molecular complexity index is 249. The average Bonchev–Trinajstić information content (AvgIpc) is 2.43. The van der Waals surface area contributed by atoms with Gasteiger partial charge in [0.15, 0.2) is 0 Å². The minimum absolute atomic E-state index is 0.110. The summed E-state index contributed by atoms with van der Waals surface area (Å²) in [5, 5.41) is 0. The van der Waals surface area contributed by atoms with Gasteiger partial charge in [-0.3, -0.25) is 9.59 Å². The van der Waals surface area contributed by atoms with Crippen LogP contribution < -0.4 is 0 Å². The summed E-state index contributed by atoms with van der Waals surface area (Å²) in [6.07, 6.45) is 11.4. The number of carbonyl (C=O) groups is 2. The molecule has 0 aliphatic carbocycles. The number of Topliss-reactive ketones (excluding diaryl/α,β-unsaturated/α-hetero) is 1. The summed E-state index contributed by atoms with van der Waals surface area (Å²) >= 11 is 0. The zero-order valence-electron chi connectivity index (χ0n) is 13.4. The van der Waals surface area contributed by atoms with Gasteiger partial charge in [0.25, 0.3) is 0 Å². The number of hydrogen-bond donors (Lipinski definition) is 0. The monoisotopic (exact) mass is 284 g/mol. The smallest absolute Gasteiger partial charge is 0.305 e. The Balaban J connectivity index is 3.26. The lowest BCUT2D eigenvalue weighted by Gasteiger charge is -2.05. The van der Waals surface area contributed by atoms with Crippen molar-refractivity contribution in [2.75, 3.05) is 6.61 Å². The Kier molecular flexibility index (Phi) is 13.9. The van der Waals surface area contributed by atoms with Crippen molar-refractivity contribution in [1.82, 2.24) is 0 Å². The molecule has 0 aromatic carbocycles. The van der Waals surface area contributed by atoms with Crippen LogP contribution in [0.1, 0.15) is 90.9 Å². The van der Waals surface area contributed by atoms with Crippen LogP contribution in [0.3, 0.4) is 0 Å². The van der Waals surface area contributed by atoms with Gasteiger partial charge in [0.05, 0.1) is 6.61 Å². The van der Waals surface area contributed by atoms with Crippen LogP contribution in [0.2, 0.25) is 0 Å². The lowest BCUT2D eigenvalue weighted by molar-refractivity contribution is -0.144. The van der Waals surface area contributed by atoms with E-state index in [1.165, 1.54) is 25.7 Å². The Morgan fingerprint density at radius 1 is 0.700 bits per heavy atom. The van der Waals surface area contributed by atoms with Crippen LogP contribution in [0.25, 0.3) is 0 Å². The summed E-state index contributed by atoms with van der Waals surface area (Å²) in [6, 6.07) is 0. The van der Waals surface area contributed by atoms with Crippen LogP contribution in [0, 0.1) is 0 Å². The molecule has 20 heavy (non-hydrogen) atoms. The highest BCUT2D eigenvalue weighted by molar-refractivity contribution is 5.78. The molecule has 0 unspecified atom stereocenters. The standard InChI is InChI=1S/C17H32O3/c1-3-5-6-7-8-11-15-20-17(19)14-10-9-13-16(18)12-4-2/h3-15H2,1-2H3. The van der Waals surface area contributed by atoms with Crippen molar-refractivity contribution in [3.05, 3.63) is 0 Å². The second kappa shape index (κ2) is 14.5. The largest absolute Gasteiger partial charge is 0.466 e. The Morgan fingerprint density at radius 3 is 2.05 bits per heavy atom. The third kappa shape index (κ3) is 13.6. The van der Waals surface area contributed by atoms with Crippen LogP contribution in [-0.4, -0.2) is 18.4 Å². The van der Waals surface area contributed by atoms with E-state index < -0.39 is 0 Å². The van der Waals surface area contributed by atoms with Gasteiger partial charge in [-0.2, -0.15) is 0 Å². The summed E-state index contributed by atoms with van der Waals surface area (Å²) < 4.78 is 5.18. The topological polar surface area (TPSA) is 43.4 Å². The molecule has 0 saturated carbocycles. The summed E-state index contributed by atoms with van der Waals surface area (Å²) in [4.78, 5) is 22.7. The zero-order chi connectivity index (χ0) is 15.1. The maximum atomic E-state index is 11.4. The molecule has 0 atom stereocenters. The van der Waals surface area contributed by atoms with E-state index in [1.807, 2.05) is 6.92 Å². The van der Waals surface area contributed by atoms with Gasteiger partial charge in [-0.25, -0.2) is 0 Å². The zero-order valence-corrected chi connectivity index (χ0v) is 13.4. The maximum Gasteiger partial charge on any atom is 0.305 e. The van der Waals surface area contributed by atoms with E-state index in [1.54, 1.807) is 0 Å². The first-order valence-corrected chi connectivity index (χ1v) is 8.38. The van der Waals surface area contributed by atoms with Crippen molar-refractivity contribution in [2.45, 2.75) is 90.9 Å². The number of ketones is 1. The van der Waals surface area contributed by atoms with Gasteiger partial charge in [-0.15, -0.1) is 0 Å². The third-order valence-corrected chi connectivity index (χ3v) is 3.38. The highest BCUT2D eigenvalue weighted by Gasteiger charge is 2.04. The second-order valence-corrected chi connectivity index (χ2v) is 5.48. The van der Waals surface area contributed by atoms with Crippen LogP contribution in [0.15, 0.2) is 0 Å². The van der Waals surface area contributed by atoms with E-state index in [0.717, 1.165) is 32.1 Å². The molecule has 0 radical (unpaired) electrons. The van der Waals surface area contributed by atoms with Crippen molar-refractivity contribution < 1.29 is 14.3 Å². The number of carbonyl (C=O) groups excluding carboxylic acids is 2. The molecule has 0 N–H and O–H groups in total. The number of ether oxygens (including phenoxy) is 1. The van der Waals surface area contributed by atoms with Gasteiger partial charge in [-0.1, -0.05) is 46.0 Å². The Morgan fingerprint density at radius 2 is 1.35 bits per heavy atom. The molecule has 118 valence electrons. The fourth-order valence-corrected chi connectivity index (χ4v) is 2.14. The van der Waals surface area contributed by atoms with E-state index in [9.17, 15) is 9.59 Å². The van der Waals surface area contributed by atoms with Gasteiger partial charge >= 0.3 is 5.97 Å². The molecule has 0 aromatic heterocycles. The SMILES string of the molecule is CCCCCCCCOC(=O)CCCCC(=O)CCC. The quantitative estimate of drug-likeness (QED) is 0.339. The minimum atomic E-state index is -0.110. The van der Waals surface area contributed by atoms with Gasteiger partial charge < -0.3 is 4.74 Å². The van der Waals surface area contributed by atoms with Crippen molar-refractivity contribution >= 4 is 11.8 Å². The van der Waals surface area contributed by atoms with Gasteiger partial charge in [0.2, 0.25) is 0 Å². The normalized spacial score (nSPS) is 10.5. The Hall–Kier alpha value is -0.860. The van der Waals surface area contributed by atoms with Crippen LogP contribution in [-0.2, 0) is 14.3 Å². The highest BCUT2D eigenvalue weighted by atomic mass is 16.5. The molecule has 0 heterocycles. The van der Waals surface area contributed by atoms with E-state index >= 15 is 0 Å². The van der Waals surface area contributed by atoms with Crippen molar-refractivity contribution in [3.63, 3.8) is 0 Å². The predicted molar refractivity (Wildman–Crippen MR) is 82.7 cm³/mol. The molecule has 3 heteroatoms. The van der Waals surface area contributed by atoms with Gasteiger partial charge in [0.1, 0.15) is 5.78 Å². The van der Waals surface area contributed by atoms with Crippen LogP contribution in [0.4, 0.5) is 0 Å². The van der Waals surface area contributed by atoms with E-state index in [0.29, 0.717) is 31.7 Å². The predicted octanol–water partition coefficient (Wildman–Crippen LogP) is 4.82. The number of rotatable bonds is 14. The molecule has 0 rings (SSSR count). The first kappa shape index (κ1) is 19.1.